The summed E-state index contributed by atoms with van der Waals surface area (Å²) in [5, 5.41) is 7.87. The van der Waals surface area contributed by atoms with E-state index in [4.69, 9.17) is 4.74 Å². The van der Waals surface area contributed by atoms with Crippen molar-refractivity contribution in [1.29, 1.82) is 0 Å². The van der Waals surface area contributed by atoms with Gasteiger partial charge in [0.2, 0.25) is 0 Å². The van der Waals surface area contributed by atoms with E-state index in [-0.39, 0.29) is 5.56 Å². The Morgan fingerprint density at radius 2 is 2.19 bits per heavy atom. The maximum Gasteiger partial charge on any atom is 0.264 e. The van der Waals surface area contributed by atoms with E-state index in [9.17, 15) is 4.79 Å². The highest BCUT2D eigenvalue weighted by atomic mass is 16.5. The predicted molar refractivity (Wildman–Crippen MR) is 81.4 cm³/mol. The van der Waals surface area contributed by atoms with Gasteiger partial charge in [-0.1, -0.05) is 13.3 Å². The van der Waals surface area contributed by atoms with Crippen molar-refractivity contribution in [2.24, 2.45) is 7.05 Å². The highest BCUT2D eigenvalue weighted by Gasteiger charge is 2.07. The molecule has 0 bridgehead atoms. The third-order valence-electron chi connectivity index (χ3n) is 3.31. The van der Waals surface area contributed by atoms with Crippen LogP contribution in [0.2, 0.25) is 0 Å². The minimum atomic E-state index is -0.0471. The summed E-state index contributed by atoms with van der Waals surface area (Å²) in [5.74, 6) is 0. The number of unbranched alkanes of at least 4 members (excludes halogenated alkanes) is 1. The molecule has 0 atom stereocenters. The molecular formula is C14H23N5O2. The normalized spacial score (nSPS) is 11.3. The molecule has 0 amide bonds. The number of fused-ring (bicyclic) bond motifs is 1. The maximum atomic E-state index is 12.2. The van der Waals surface area contributed by atoms with Crippen LogP contribution in [-0.2, 0) is 18.3 Å². The number of nitrogens with zero attached hydrogens (tertiary/aromatic N) is 4. The van der Waals surface area contributed by atoms with Crippen LogP contribution in [0.4, 0.5) is 0 Å². The van der Waals surface area contributed by atoms with Crippen LogP contribution in [0.5, 0.6) is 0 Å². The van der Waals surface area contributed by atoms with Gasteiger partial charge in [0.25, 0.3) is 5.56 Å². The molecule has 2 aromatic heterocycles. The lowest BCUT2D eigenvalue weighted by atomic mass is 10.4. The van der Waals surface area contributed by atoms with Gasteiger partial charge in [-0.05, 0) is 6.42 Å². The van der Waals surface area contributed by atoms with Crippen molar-refractivity contribution in [2.45, 2.75) is 26.3 Å². The number of hydrogen-bond donors (Lipinski definition) is 1. The zero-order valence-corrected chi connectivity index (χ0v) is 12.7. The SMILES string of the molecule is CCCCOCCNCCn1cnc2c(cnn2C)c1=O. The lowest BCUT2D eigenvalue weighted by Gasteiger charge is -2.07. The van der Waals surface area contributed by atoms with Crippen LogP contribution >= 0.6 is 0 Å². The Morgan fingerprint density at radius 1 is 1.33 bits per heavy atom. The fourth-order valence-electron chi connectivity index (χ4n) is 2.04. The molecule has 0 fully saturated rings. The van der Waals surface area contributed by atoms with Crippen LogP contribution in [0.15, 0.2) is 17.3 Å². The molecule has 116 valence electrons. The number of nitrogens with one attached hydrogen (secondary N) is 1. The van der Waals surface area contributed by atoms with Gasteiger partial charge in [-0.25, -0.2) is 4.98 Å². The molecule has 1 N–H and O–H groups in total. The summed E-state index contributed by atoms with van der Waals surface area (Å²) in [5.41, 5.74) is 0.572. The number of ether oxygens (including phenoxy) is 1. The Hall–Kier alpha value is -1.73. The first-order valence-corrected chi connectivity index (χ1v) is 7.39. The molecule has 21 heavy (non-hydrogen) atoms. The second-order valence-electron chi connectivity index (χ2n) is 4.96. The van der Waals surface area contributed by atoms with Gasteiger partial charge in [-0.3, -0.25) is 14.0 Å². The molecule has 0 aliphatic heterocycles. The van der Waals surface area contributed by atoms with E-state index in [1.165, 1.54) is 0 Å². The molecule has 0 spiro atoms. The monoisotopic (exact) mass is 293 g/mol. The second-order valence-corrected chi connectivity index (χ2v) is 4.96. The largest absolute Gasteiger partial charge is 0.380 e. The van der Waals surface area contributed by atoms with Crippen LogP contribution in [0.1, 0.15) is 19.8 Å². The number of hydrogen-bond acceptors (Lipinski definition) is 5. The van der Waals surface area contributed by atoms with Gasteiger partial charge in [0.15, 0.2) is 5.65 Å². The molecule has 0 aliphatic carbocycles. The average Bonchev–Trinajstić information content (AvgIpc) is 2.86. The van der Waals surface area contributed by atoms with Crippen molar-refractivity contribution in [3.05, 3.63) is 22.9 Å². The van der Waals surface area contributed by atoms with Gasteiger partial charge >= 0.3 is 0 Å². The molecule has 2 rings (SSSR count). The summed E-state index contributed by atoms with van der Waals surface area (Å²) >= 11 is 0. The van der Waals surface area contributed by atoms with Crippen LogP contribution in [0, 0.1) is 0 Å². The summed E-state index contributed by atoms with van der Waals surface area (Å²) in [7, 11) is 1.78. The molecule has 7 nitrogen and oxygen atoms in total. The quantitative estimate of drug-likeness (QED) is 0.683. The predicted octanol–water partition coefficient (Wildman–Crippen LogP) is 0.536. The second kappa shape index (κ2) is 7.90. The van der Waals surface area contributed by atoms with E-state index in [0.29, 0.717) is 30.7 Å². The van der Waals surface area contributed by atoms with E-state index in [0.717, 1.165) is 26.0 Å². The van der Waals surface area contributed by atoms with Gasteiger partial charge < -0.3 is 10.1 Å². The molecule has 0 saturated carbocycles. The molecule has 0 aromatic carbocycles. The molecule has 2 heterocycles. The van der Waals surface area contributed by atoms with Gasteiger partial charge in [-0.15, -0.1) is 0 Å². The molecule has 0 unspecified atom stereocenters. The molecule has 0 radical (unpaired) electrons. The van der Waals surface area contributed by atoms with Crippen molar-refractivity contribution >= 4 is 11.0 Å². The minimum Gasteiger partial charge on any atom is -0.380 e. The van der Waals surface area contributed by atoms with Crippen molar-refractivity contribution in [1.82, 2.24) is 24.6 Å². The lowest BCUT2D eigenvalue weighted by Crippen LogP contribution is -2.29. The van der Waals surface area contributed by atoms with E-state index >= 15 is 0 Å². The summed E-state index contributed by atoms with van der Waals surface area (Å²) in [6.45, 7) is 5.76. The molecule has 7 heteroatoms. The fourth-order valence-corrected chi connectivity index (χ4v) is 2.04. The van der Waals surface area contributed by atoms with E-state index in [1.807, 2.05) is 0 Å². The smallest absolute Gasteiger partial charge is 0.264 e. The van der Waals surface area contributed by atoms with Crippen LogP contribution in [0.3, 0.4) is 0 Å². The van der Waals surface area contributed by atoms with Gasteiger partial charge in [0.1, 0.15) is 11.7 Å². The van der Waals surface area contributed by atoms with Crippen molar-refractivity contribution in [2.75, 3.05) is 26.3 Å². The number of aromatic nitrogens is 4. The maximum absolute atomic E-state index is 12.2. The summed E-state index contributed by atoms with van der Waals surface area (Å²) in [4.78, 5) is 16.5. The Morgan fingerprint density at radius 3 is 3.00 bits per heavy atom. The highest BCUT2D eigenvalue weighted by molar-refractivity contribution is 5.72. The van der Waals surface area contributed by atoms with Crippen molar-refractivity contribution in [3.8, 4) is 0 Å². The Balaban J connectivity index is 1.76. The van der Waals surface area contributed by atoms with E-state index < -0.39 is 0 Å². The first kappa shape index (κ1) is 15.7. The highest BCUT2D eigenvalue weighted by Crippen LogP contribution is 2.02. The number of rotatable bonds is 9. The van der Waals surface area contributed by atoms with Crippen LogP contribution < -0.4 is 10.9 Å². The Kier molecular flexibility index (Phi) is 5.89. The summed E-state index contributed by atoms with van der Waals surface area (Å²) in [6.07, 6.45) is 5.40. The van der Waals surface area contributed by atoms with Gasteiger partial charge in [0.05, 0.1) is 12.8 Å². The van der Waals surface area contributed by atoms with E-state index in [2.05, 4.69) is 22.3 Å². The topological polar surface area (TPSA) is 74.0 Å². The summed E-state index contributed by atoms with van der Waals surface area (Å²) < 4.78 is 8.67. The first-order chi connectivity index (χ1) is 10.2. The average molecular weight is 293 g/mol. The van der Waals surface area contributed by atoms with Gasteiger partial charge in [-0.2, -0.15) is 5.10 Å². The molecular weight excluding hydrogens is 270 g/mol. The first-order valence-electron chi connectivity index (χ1n) is 7.39. The van der Waals surface area contributed by atoms with Crippen LogP contribution in [0.25, 0.3) is 11.0 Å². The Bertz CT molecular complexity index is 619. The van der Waals surface area contributed by atoms with Crippen molar-refractivity contribution in [3.63, 3.8) is 0 Å². The molecule has 0 aliphatic rings. The Labute approximate surface area is 123 Å². The minimum absolute atomic E-state index is 0.0471. The fraction of sp³-hybridized carbons (Fsp3) is 0.643. The zero-order valence-electron chi connectivity index (χ0n) is 12.7. The summed E-state index contributed by atoms with van der Waals surface area (Å²) in [6, 6.07) is 0. The third-order valence-corrected chi connectivity index (χ3v) is 3.31. The van der Waals surface area contributed by atoms with Gasteiger partial charge in [0, 0.05) is 33.3 Å². The van der Waals surface area contributed by atoms with Crippen LogP contribution in [-0.4, -0.2) is 45.6 Å². The lowest BCUT2D eigenvalue weighted by molar-refractivity contribution is 0.133. The standard InChI is InChI=1S/C14H23N5O2/c1-3-4-8-21-9-6-15-5-7-19-11-16-13-12(14(19)20)10-17-18(13)2/h10-11,15H,3-9H2,1-2H3. The van der Waals surface area contributed by atoms with Crippen molar-refractivity contribution < 1.29 is 4.74 Å². The molecule has 0 saturated heterocycles. The third kappa shape index (κ3) is 4.12. The number of aryl methyl sites for hydroxylation is 1. The molecule has 2 aromatic rings. The van der Waals surface area contributed by atoms with E-state index in [1.54, 1.807) is 28.8 Å². The zero-order chi connectivity index (χ0) is 15.1.